The fourth-order valence-electron chi connectivity index (χ4n) is 4.87. The number of aromatic nitrogens is 2. The molecule has 1 aliphatic heterocycles. The molecule has 1 aromatic heterocycles. The third kappa shape index (κ3) is 3.68. The maximum atomic E-state index is 6.84. The molecule has 0 amide bonds. The van der Waals surface area contributed by atoms with Crippen LogP contribution in [-0.4, -0.2) is 11.6 Å². The van der Waals surface area contributed by atoms with E-state index in [2.05, 4.69) is 121 Å². The van der Waals surface area contributed by atoms with Gasteiger partial charge in [-0.1, -0.05) is 79.7 Å². The van der Waals surface area contributed by atoms with Crippen molar-refractivity contribution in [3.8, 4) is 17.1 Å². The summed E-state index contributed by atoms with van der Waals surface area (Å²) in [6, 6.07) is 11.2. The van der Waals surface area contributed by atoms with Crippen molar-refractivity contribution in [1.29, 1.82) is 0 Å². The number of rotatable bonds is 2. The van der Waals surface area contributed by atoms with Crippen LogP contribution >= 0.6 is 0 Å². The molecule has 0 unspecified atom stereocenters. The third-order valence-corrected chi connectivity index (χ3v) is 6.73. The summed E-state index contributed by atoms with van der Waals surface area (Å²) in [7, 11) is 1.93. The fourth-order valence-corrected chi connectivity index (χ4v) is 4.87. The van der Waals surface area contributed by atoms with Crippen molar-refractivity contribution < 1.29 is 9.13 Å². The molecule has 0 N–H and O–H groups in total. The summed E-state index contributed by atoms with van der Waals surface area (Å²) in [5.41, 5.74) is 7.95. The van der Waals surface area contributed by atoms with Gasteiger partial charge in [0.05, 0.1) is 7.05 Å². The second-order valence-electron chi connectivity index (χ2n) is 11.7. The molecule has 32 heavy (non-hydrogen) atoms. The van der Waals surface area contributed by atoms with E-state index >= 15 is 0 Å². The van der Waals surface area contributed by atoms with E-state index in [-0.39, 0.29) is 17.9 Å². The van der Waals surface area contributed by atoms with Crippen LogP contribution in [0.15, 0.2) is 42.7 Å². The van der Waals surface area contributed by atoms with Gasteiger partial charge in [-0.3, -0.25) is 4.48 Å². The molecule has 0 fully saturated rings. The van der Waals surface area contributed by atoms with Gasteiger partial charge in [0.15, 0.2) is 0 Å². The molecular formula is C28H38BN2O+. The van der Waals surface area contributed by atoms with E-state index in [1.54, 1.807) is 0 Å². The number of benzene rings is 2. The third-order valence-electron chi connectivity index (χ3n) is 6.73. The van der Waals surface area contributed by atoms with Crippen molar-refractivity contribution >= 4 is 12.5 Å². The molecule has 3 nitrogen and oxygen atoms in total. The Balaban J connectivity index is 2.06. The molecule has 3 aromatic rings. The second-order valence-corrected chi connectivity index (χ2v) is 11.7. The highest BCUT2D eigenvalue weighted by molar-refractivity contribution is 6.61. The maximum Gasteiger partial charge on any atom is 0.647 e. The van der Waals surface area contributed by atoms with E-state index in [4.69, 9.17) is 4.65 Å². The largest absolute Gasteiger partial charge is 0.647 e. The SMILES string of the molecule is Cc1cccc2c1-c1n(C)cc[n+]1B(c1c(C(C)C)cc(C(C)(C)C)cc1C(C)(C)C)O2. The summed E-state index contributed by atoms with van der Waals surface area (Å²) >= 11 is 0. The first kappa shape index (κ1) is 22.7. The summed E-state index contributed by atoms with van der Waals surface area (Å²) < 4.78 is 11.4. The van der Waals surface area contributed by atoms with Gasteiger partial charge in [0.25, 0.3) is 5.82 Å². The molecule has 2 aromatic carbocycles. The Hall–Kier alpha value is -2.49. The van der Waals surface area contributed by atoms with Gasteiger partial charge in [-0.15, -0.1) is 0 Å². The minimum absolute atomic E-state index is 0.00796. The van der Waals surface area contributed by atoms with Gasteiger partial charge in [0, 0.05) is 5.46 Å². The van der Waals surface area contributed by atoms with E-state index in [0.717, 1.165) is 5.75 Å². The van der Waals surface area contributed by atoms with Gasteiger partial charge >= 0.3 is 7.05 Å². The molecule has 0 radical (unpaired) electrons. The van der Waals surface area contributed by atoms with Gasteiger partial charge in [-0.2, -0.15) is 0 Å². The number of fused-ring (bicyclic) bond motifs is 3. The summed E-state index contributed by atoms with van der Waals surface area (Å²) in [6.45, 7) is 20.6. The Morgan fingerprint density at radius 3 is 2.28 bits per heavy atom. The van der Waals surface area contributed by atoms with E-state index < -0.39 is 0 Å². The lowest BCUT2D eigenvalue weighted by Gasteiger charge is -2.32. The minimum Gasteiger partial charge on any atom is -0.517 e. The van der Waals surface area contributed by atoms with Crippen LogP contribution in [0.1, 0.15) is 83.6 Å². The zero-order valence-corrected chi connectivity index (χ0v) is 21.5. The predicted octanol–water partition coefficient (Wildman–Crippen LogP) is 5.64. The average Bonchev–Trinajstić information content (AvgIpc) is 3.06. The van der Waals surface area contributed by atoms with Crippen LogP contribution in [-0.2, 0) is 17.9 Å². The van der Waals surface area contributed by atoms with Gasteiger partial charge in [0.2, 0.25) is 0 Å². The molecule has 0 aliphatic carbocycles. The van der Waals surface area contributed by atoms with Crippen LogP contribution in [0.5, 0.6) is 5.75 Å². The Morgan fingerprint density at radius 1 is 1.00 bits per heavy atom. The first-order chi connectivity index (χ1) is 14.8. The topological polar surface area (TPSA) is 18.0 Å². The summed E-state index contributed by atoms with van der Waals surface area (Å²) in [5.74, 6) is 2.55. The Morgan fingerprint density at radius 2 is 1.69 bits per heavy atom. The quantitative estimate of drug-likeness (QED) is 0.482. The lowest BCUT2D eigenvalue weighted by Crippen LogP contribution is -2.66. The summed E-state index contributed by atoms with van der Waals surface area (Å²) in [6.07, 6.45) is 4.31. The lowest BCUT2D eigenvalue weighted by atomic mass is 9.60. The Bertz CT molecular complexity index is 1180. The van der Waals surface area contributed by atoms with E-state index in [1.807, 2.05) is 0 Å². The molecule has 0 atom stereocenters. The van der Waals surface area contributed by atoms with E-state index in [9.17, 15) is 0 Å². The predicted molar refractivity (Wildman–Crippen MR) is 135 cm³/mol. The van der Waals surface area contributed by atoms with Gasteiger partial charge in [0.1, 0.15) is 23.7 Å². The normalized spacial score (nSPS) is 13.8. The van der Waals surface area contributed by atoms with Crippen LogP contribution in [0.25, 0.3) is 11.4 Å². The fraction of sp³-hybridized carbons (Fsp3) is 0.464. The molecule has 0 bridgehead atoms. The highest BCUT2D eigenvalue weighted by Gasteiger charge is 2.46. The summed E-state index contributed by atoms with van der Waals surface area (Å²) in [5, 5.41) is 0. The highest BCUT2D eigenvalue weighted by atomic mass is 16.4. The van der Waals surface area contributed by atoms with Crippen LogP contribution in [0.3, 0.4) is 0 Å². The van der Waals surface area contributed by atoms with E-state index in [1.165, 1.54) is 39.1 Å². The number of hydrogen-bond donors (Lipinski definition) is 0. The van der Waals surface area contributed by atoms with Gasteiger partial charge in [-0.25, -0.2) is 4.57 Å². The van der Waals surface area contributed by atoms with Crippen LogP contribution in [0.4, 0.5) is 0 Å². The van der Waals surface area contributed by atoms with Crippen LogP contribution < -0.4 is 14.6 Å². The number of nitrogens with zero attached hydrogens (tertiary/aromatic N) is 2. The van der Waals surface area contributed by atoms with Crippen molar-refractivity contribution in [2.75, 3.05) is 0 Å². The van der Waals surface area contributed by atoms with Crippen LogP contribution in [0, 0.1) is 6.92 Å². The molecule has 0 spiro atoms. The first-order valence-electron chi connectivity index (χ1n) is 11.8. The maximum absolute atomic E-state index is 6.84. The molecule has 4 heteroatoms. The number of hydrogen-bond acceptors (Lipinski definition) is 1. The smallest absolute Gasteiger partial charge is 0.517 e. The highest BCUT2D eigenvalue weighted by Crippen LogP contribution is 2.36. The van der Waals surface area contributed by atoms with Crippen molar-refractivity contribution in [2.24, 2.45) is 7.05 Å². The molecule has 0 saturated heterocycles. The van der Waals surface area contributed by atoms with Crippen molar-refractivity contribution in [3.05, 3.63) is 65.0 Å². The zero-order chi connectivity index (χ0) is 23.6. The van der Waals surface area contributed by atoms with Crippen molar-refractivity contribution in [3.63, 3.8) is 0 Å². The minimum atomic E-state index is -0.193. The number of aryl methyl sites for hydroxylation is 2. The number of imidazole rings is 1. The first-order valence-corrected chi connectivity index (χ1v) is 11.8. The summed E-state index contributed by atoms with van der Waals surface area (Å²) in [4.78, 5) is 0. The molecule has 4 rings (SSSR count). The average molecular weight is 429 g/mol. The Labute approximate surface area is 194 Å². The molecular weight excluding hydrogens is 391 g/mol. The zero-order valence-electron chi connectivity index (χ0n) is 21.5. The molecule has 0 saturated carbocycles. The molecule has 1 aliphatic rings. The monoisotopic (exact) mass is 429 g/mol. The van der Waals surface area contributed by atoms with Crippen molar-refractivity contribution in [1.82, 2.24) is 4.57 Å². The van der Waals surface area contributed by atoms with E-state index in [0.29, 0.717) is 5.92 Å². The van der Waals surface area contributed by atoms with Gasteiger partial charge < -0.3 is 4.65 Å². The van der Waals surface area contributed by atoms with Crippen molar-refractivity contribution in [2.45, 2.75) is 79.1 Å². The lowest BCUT2D eigenvalue weighted by molar-refractivity contribution is -0.534. The molecule has 168 valence electrons. The standard InChI is InChI=1S/C28H38BN2O/c1-18(2)21-16-20(27(4,5)6)17-22(28(7,8)9)25(21)29-31-15-14-30(10)26(31)24-19(3)12-11-13-23(24)32-29/h11-18H,1-10H3/q+1. The second kappa shape index (κ2) is 7.54. The molecule has 2 heterocycles. The van der Waals surface area contributed by atoms with Crippen LogP contribution in [0.2, 0.25) is 0 Å². The Kier molecular flexibility index (Phi) is 5.35. The van der Waals surface area contributed by atoms with Gasteiger partial charge in [-0.05, 0) is 52.0 Å².